The fraction of sp³-hybridized carbons (Fsp3) is 0.0476. The van der Waals surface area contributed by atoms with Crippen molar-refractivity contribution in [2.75, 3.05) is 0 Å². The molecule has 0 saturated heterocycles. The highest BCUT2D eigenvalue weighted by atomic mass is 35.5. The molecule has 4 aromatic heterocycles. The number of imidazole rings is 2. The Kier molecular flexibility index (Phi) is 3.36. The van der Waals surface area contributed by atoms with E-state index in [1.165, 1.54) is 0 Å². The summed E-state index contributed by atoms with van der Waals surface area (Å²) in [6.45, 7) is 0. The average molecular weight is 398 g/mol. The van der Waals surface area contributed by atoms with Crippen molar-refractivity contribution in [1.29, 1.82) is 0 Å². The first-order valence-corrected chi connectivity index (χ1v) is 9.35. The minimum absolute atomic E-state index is 0.615. The molecule has 0 atom stereocenters. The van der Waals surface area contributed by atoms with E-state index in [9.17, 15) is 0 Å². The van der Waals surface area contributed by atoms with Gasteiger partial charge in [-0.3, -0.25) is 4.57 Å². The van der Waals surface area contributed by atoms with Crippen LogP contribution in [0, 0.1) is 11.8 Å². The Bertz CT molecular complexity index is 1460. The molecule has 0 aliphatic carbocycles. The molecular weight excluding hydrogens is 386 g/mol. The number of pyridine rings is 1. The van der Waals surface area contributed by atoms with Crippen LogP contribution in [0.25, 0.3) is 17.0 Å². The van der Waals surface area contributed by atoms with Crippen LogP contribution in [0.2, 0.25) is 5.02 Å². The van der Waals surface area contributed by atoms with E-state index in [1.807, 2.05) is 56.4 Å². The first kappa shape index (κ1) is 16.1. The van der Waals surface area contributed by atoms with E-state index < -0.39 is 0 Å². The third-order valence-electron chi connectivity index (χ3n) is 4.97. The second kappa shape index (κ2) is 6.06. The van der Waals surface area contributed by atoms with E-state index in [1.54, 1.807) is 18.7 Å². The molecule has 6 rings (SSSR count). The third-order valence-corrected chi connectivity index (χ3v) is 5.21. The van der Waals surface area contributed by atoms with Crippen molar-refractivity contribution in [2.45, 2.75) is 6.42 Å². The Morgan fingerprint density at radius 2 is 2.00 bits per heavy atom. The van der Waals surface area contributed by atoms with Crippen molar-refractivity contribution in [1.82, 2.24) is 33.9 Å². The molecule has 138 valence electrons. The summed E-state index contributed by atoms with van der Waals surface area (Å²) in [6.07, 6.45) is 9.80. The molecule has 7 nitrogen and oxygen atoms in total. The molecule has 1 aromatic carbocycles. The van der Waals surface area contributed by atoms with Gasteiger partial charge in [0.15, 0.2) is 0 Å². The van der Waals surface area contributed by atoms with Crippen LogP contribution in [0.5, 0.6) is 0 Å². The lowest BCUT2D eigenvalue weighted by atomic mass is 10.2. The van der Waals surface area contributed by atoms with E-state index in [4.69, 9.17) is 11.6 Å². The van der Waals surface area contributed by atoms with Crippen molar-refractivity contribution in [2.24, 2.45) is 0 Å². The Morgan fingerprint density at radius 3 is 2.97 bits per heavy atom. The highest BCUT2D eigenvalue weighted by Gasteiger charge is 2.22. The molecule has 0 fully saturated rings. The summed E-state index contributed by atoms with van der Waals surface area (Å²) < 4.78 is 5.81. The van der Waals surface area contributed by atoms with Crippen LogP contribution in [0.15, 0.2) is 61.4 Å². The second-order valence-corrected chi connectivity index (χ2v) is 7.15. The van der Waals surface area contributed by atoms with E-state index in [0.29, 0.717) is 11.4 Å². The van der Waals surface area contributed by atoms with Gasteiger partial charge in [0.2, 0.25) is 0 Å². The number of benzene rings is 1. The van der Waals surface area contributed by atoms with Gasteiger partial charge in [-0.15, -0.1) is 5.10 Å². The van der Waals surface area contributed by atoms with Crippen LogP contribution >= 0.6 is 11.6 Å². The number of rotatable bonds is 0. The molecule has 5 aromatic rings. The van der Waals surface area contributed by atoms with Crippen LogP contribution in [0.4, 0.5) is 0 Å². The maximum atomic E-state index is 6.23. The Hall–Kier alpha value is -3.89. The van der Waals surface area contributed by atoms with Gasteiger partial charge in [-0.25, -0.2) is 14.6 Å². The zero-order valence-electron chi connectivity index (χ0n) is 15.0. The Morgan fingerprint density at radius 1 is 1.03 bits per heavy atom. The van der Waals surface area contributed by atoms with Gasteiger partial charge in [0.05, 0.1) is 29.0 Å². The lowest BCUT2D eigenvalue weighted by Crippen LogP contribution is -2.03. The molecule has 1 aliphatic rings. The molecule has 29 heavy (non-hydrogen) atoms. The summed E-state index contributed by atoms with van der Waals surface area (Å²) in [5.41, 5.74) is 6.26. The summed E-state index contributed by atoms with van der Waals surface area (Å²) in [6, 6.07) is 9.61. The molecule has 0 unspecified atom stereocenters. The van der Waals surface area contributed by atoms with Crippen molar-refractivity contribution < 1.29 is 0 Å². The largest absolute Gasteiger partial charge is 0.306 e. The quantitative estimate of drug-likeness (QED) is 0.369. The van der Waals surface area contributed by atoms with E-state index in [2.05, 4.69) is 32.1 Å². The minimum Gasteiger partial charge on any atom is -0.306 e. The van der Waals surface area contributed by atoms with Gasteiger partial charge in [-0.2, -0.15) is 0 Å². The monoisotopic (exact) mass is 397 g/mol. The summed E-state index contributed by atoms with van der Waals surface area (Å²) in [4.78, 5) is 8.83. The molecule has 0 radical (unpaired) electrons. The van der Waals surface area contributed by atoms with Gasteiger partial charge in [-0.1, -0.05) is 22.7 Å². The maximum absolute atomic E-state index is 6.23. The predicted octanol–water partition coefficient (Wildman–Crippen LogP) is 3.06. The van der Waals surface area contributed by atoms with Gasteiger partial charge in [0.25, 0.3) is 0 Å². The summed E-state index contributed by atoms with van der Waals surface area (Å²) in [5, 5.41) is 8.95. The molecule has 0 bridgehead atoms. The molecular formula is C21H12ClN7. The minimum atomic E-state index is 0.615. The zero-order valence-corrected chi connectivity index (χ0v) is 15.7. The molecule has 0 N–H and O–H groups in total. The summed E-state index contributed by atoms with van der Waals surface area (Å²) in [5.74, 6) is 6.44. The highest BCUT2D eigenvalue weighted by molar-refractivity contribution is 6.30. The molecule has 1 aliphatic heterocycles. The predicted molar refractivity (Wildman–Crippen MR) is 107 cm³/mol. The van der Waals surface area contributed by atoms with Crippen LogP contribution in [0.1, 0.15) is 22.6 Å². The number of hydrogen-bond donors (Lipinski definition) is 0. The van der Waals surface area contributed by atoms with Crippen molar-refractivity contribution in [3.8, 4) is 23.2 Å². The maximum Gasteiger partial charge on any atom is 0.136 e. The molecule has 5 heterocycles. The lowest BCUT2D eigenvalue weighted by Gasteiger charge is -2.09. The number of aromatic nitrogens is 7. The van der Waals surface area contributed by atoms with Gasteiger partial charge < -0.3 is 4.40 Å². The van der Waals surface area contributed by atoms with Crippen molar-refractivity contribution >= 4 is 17.2 Å². The van der Waals surface area contributed by atoms with E-state index in [0.717, 1.165) is 39.7 Å². The van der Waals surface area contributed by atoms with Gasteiger partial charge >= 0.3 is 0 Å². The number of fused-ring (bicyclic) bond motifs is 6. The summed E-state index contributed by atoms with van der Waals surface area (Å²) >= 11 is 6.23. The average Bonchev–Trinajstić information content (AvgIpc) is 3.45. The first-order chi connectivity index (χ1) is 14.3. The van der Waals surface area contributed by atoms with Gasteiger partial charge in [0, 0.05) is 35.6 Å². The molecule has 0 saturated carbocycles. The van der Waals surface area contributed by atoms with Gasteiger partial charge in [-0.05, 0) is 36.3 Å². The van der Waals surface area contributed by atoms with Crippen molar-refractivity contribution in [3.05, 3.63) is 89.1 Å². The van der Waals surface area contributed by atoms with Crippen LogP contribution in [-0.4, -0.2) is 33.9 Å². The standard InChI is InChI=1S/C21H12ClN7/c22-15-3-5-18-20(9-15)29-16(11-25-26-29)10-19-17(24-13-28(18)19)4-1-14-2-6-21-23-7-8-27(21)12-14/h2-3,5-9,11-13H,10H2. The molecule has 0 amide bonds. The van der Waals surface area contributed by atoms with E-state index >= 15 is 0 Å². The normalized spacial score (nSPS) is 11.9. The Labute approximate surface area is 170 Å². The van der Waals surface area contributed by atoms with Crippen LogP contribution in [-0.2, 0) is 6.42 Å². The van der Waals surface area contributed by atoms with Crippen molar-refractivity contribution in [3.63, 3.8) is 0 Å². The Balaban J connectivity index is 1.49. The highest BCUT2D eigenvalue weighted by Crippen LogP contribution is 2.30. The molecule has 0 spiro atoms. The number of nitrogens with zero attached hydrogens (tertiary/aromatic N) is 7. The summed E-state index contributed by atoms with van der Waals surface area (Å²) in [7, 11) is 0. The fourth-order valence-electron chi connectivity index (χ4n) is 3.60. The number of halogens is 1. The van der Waals surface area contributed by atoms with Crippen LogP contribution in [0.3, 0.4) is 0 Å². The smallest absolute Gasteiger partial charge is 0.136 e. The lowest BCUT2D eigenvalue weighted by molar-refractivity contribution is 0.778. The fourth-order valence-corrected chi connectivity index (χ4v) is 3.77. The number of hydrogen-bond acceptors (Lipinski definition) is 4. The van der Waals surface area contributed by atoms with Gasteiger partial charge in [0.1, 0.15) is 17.7 Å². The SMILES string of the molecule is Clc1ccc2c(c1)-n1nncc1Cc1c(C#Cc3ccc4nccn4c3)ncn1-2. The van der Waals surface area contributed by atoms with E-state index in [-0.39, 0.29) is 0 Å². The first-order valence-electron chi connectivity index (χ1n) is 8.97. The topological polar surface area (TPSA) is 65.8 Å². The third kappa shape index (κ3) is 2.54. The van der Waals surface area contributed by atoms with Crippen LogP contribution < -0.4 is 0 Å². The second-order valence-electron chi connectivity index (χ2n) is 6.72. The zero-order chi connectivity index (χ0) is 19.4. The molecule has 8 heteroatoms.